The van der Waals surface area contributed by atoms with Gasteiger partial charge >= 0.3 is 5.69 Å². The summed E-state index contributed by atoms with van der Waals surface area (Å²) in [5, 5.41) is 23.0. The summed E-state index contributed by atoms with van der Waals surface area (Å²) >= 11 is 0. The number of nitrogens with zero attached hydrogens (tertiary/aromatic N) is 1. The highest BCUT2D eigenvalue weighted by molar-refractivity contribution is 5.61. The number of aliphatic hydroxyl groups excluding tert-OH is 1. The van der Waals surface area contributed by atoms with E-state index >= 15 is 0 Å². The van der Waals surface area contributed by atoms with Gasteiger partial charge in [0.05, 0.1) is 4.92 Å². The Morgan fingerprint density at radius 3 is 2.84 bits per heavy atom. The van der Waals surface area contributed by atoms with Crippen LogP contribution in [0.15, 0.2) is 18.2 Å². The van der Waals surface area contributed by atoms with E-state index in [9.17, 15) is 19.6 Å². The summed E-state index contributed by atoms with van der Waals surface area (Å²) in [5.74, 6) is -0.312. The van der Waals surface area contributed by atoms with Crippen molar-refractivity contribution in [2.45, 2.75) is 19.3 Å². The third-order valence-electron chi connectivity index (χ3n) is 3.78. The van der Waals surface area contributed by atoms with E-state index in [0.717, 1.165) is 25.3 Å². The number of benzene rings is 1. The summed E-state index contributed by atoms with van der Waals surface area (Å²) in [5.41, 5.74) is -0.311. The summed E-state index contributed by atoms with van der Waals surface area (Å²) < 4.78 is 13.4. The van der Waals surface area contributed by atoms with Crippen molar-refractivity contribution in [3.63, 3.8) is 0 Å². The van der Waals surface area contributed by atoms with E-state index in [1.54, 1.807) is 0 Å². The molecule has 0 aromatic heterocycles. The summed E-state index contributed by atoms with van der Waals surface area (Å²) in [6, 6.07) is 4.03. The minimum atomic E-state index is -0.833. The van der Waals surface area contributed by atoms with Gasteiger partial charge in [0.15, 0.2) is 0 Å². The average molecular weight is 268 g/mol. The summed E-state index contributed by atoms with van der Waals surface area (Å²) in [6.07, 6.45) is 3.03. The molecular weight excluding hydrogens is 251 g/mol. The van der Waals surface area contributed by atoms with Crippen LogP contribution in [0.25, 0.3) is 0 Å². The minimum absolute atomic E-state index is 0.136. The van der Waals surface area contributed by atoms with Gasteiger partial charge in [-0.25, -0.2) is 0 Å². The van der Waals surface area contributed by atoms with Gasteiger partial charge in [0.2, 0.25) is 5.82 Å². The average Bonchev–Trinajstić information content (AvgIpc) is 2.83. The summed E-state index contributed by atoms with van der Waals surface area (Å²) in [6.45, 7) is 0.660. The standard InChI is InChI=1S/C13H17FN2O3/c14-11-5-2-6-12(13(11)16(18)19)15-7-9-3-1-4-10(9)8-17/h2,5-6,9-10,15,17H,1,3-4,7-8H2. The lowest BCUT2D eigenvalue weighted by atomic mass is 9.97. The van der Waals surface area contributed by atoms with Gasteiger partial charge in [-0.1, -0.05) is 12.5 Å². The highest BCUT2D eigenvalue weighted by Crippen LogP contribution is 2.33. The lowest BCUT2D eigenvalue weighted by Crippen LogP contribution is -2.21. The molecule has 1 saturated carbocycles. The molecule has 1 aromatic carbocycles. The smallest absolute Gasteiger partial charge is 0.327 e. The molecule has 6 heteroatoms. The van der Waals surface area contributed by atoms with E-state index in [-0.39, 0.29) is 24.1 Å². The van der Waals surface area contributed by atoms with Crippen LogP contribution in [-0.2, 0) is 0 Å². The molecule has 1 aromatic rings. The topological polar surface area (TPSA) is 75.4 Å². The first-order chi connectivity index (χ1) is 9.13. The first-order valence-electron chi connectivity index (χ1n) is 6.41. The fraction of sp³-hybridized carbons (Fsp3) is 0.538. The SMILES string of the molecule is O=[N+]([O-])c1c(F)cccc1NCC1CCCC1CO. The van der Waals surface area contributed by atoms with Gasteiger partial charge in [0.1, 0.15) is 5.69 Å². The molecule has 1 aliphatic carbocycles. The fourth-order valence-corrected chi connectivity index (χ4v) is 2.71. The summed E-state index contributed by atoms with van der Waals surface area (Å²) in [7, 11) is 0. The van der Waals surface area contributed by atoms with E-state index in [1.165, 1.54) is 12.1 Å². The van der Waals surface area contributed by atoms with E-state index in [2.05, 4.69) is 5.32 Å². The van der Waals surface area contributed by atoms with Gasteiger partial charge < -0.3 is 10.4 Å². The number of nitro benzene ring substituents is 1. The minimum Gasteiger partial charge on any atom is -0.396 e. The predicted octanol–water partition coefficient (Wildman–Crippen LogP) is 2.55. The third-order valence-corrected chi connectivity index (χ3v) is 3.78. The Bertz CT molecular complexity index is 467. The monoisotopic (exact) mass is 268 g/mol. The molecular formula is C13H17FN2O3. The van der Waals surface area contributed by atoms with Gasteiger partial charge in [0.25, 0.3) is 0 Å². The van der Waals surface area contributed by atoms with Crippen molar-refractivity contribution < 1.29 is 14.4 Å². The molecule has 0 spiro atoms. The number of aliphatic hydroxyl groups is 1. The Morgan fingerprint density at radius 2 is 2.16 bits per heavy atom. The Labute approximate surface area is 110 Å². The van der Waals surface area contributed by atoms with E-state index < -0.39 is 16.4 Å². The lowest BCUT2D eigenvalue weighted by molar-refractivity contribution is -0.386. The van der Waals surface area contributed by atoms with E-state index in [0.29, 0.717) is 6.54 Å². The predicted molar refractivity (Wildman–Crippen MR) is 69.5 cm³/mol. The molecule has 0 aliphatic heterocycles. The van der Waals surface area contributed by atoms with Gasteiger partial charge in [-0.05, 0) is 36.8 Å². The van der Waals surface area contributed by atoms with Crippen molar-refractivity contribution in [2.24, 2.45) is 11.8 Å². The van der Waals surface area contributed by atoms with Crippen LogP contribution in [0.1, 0.15) is 19.3 Å². The van der Waals surface area contributed by atoms with Gasteiger partial charge in [-0.2, -0.15) is 4.39 Å². The zero-order valence-electron chi connectivity index (χ0n) is 10.5. The number of nitro groups is 1. The van der Waals surface area contributed by atoms with Gasteiger partial charge in [-0.3, -0.25) is 10.1 Å². The van der Waals surface area contributed by atoms with Crippen LogP contribution < -0.4 is 5.32 Å². The second-order valence-corrected chi connectivity index (χ2v) is 4.91. The third kappa shape index (κ3) is 3.01. The Kier molecular flexibility index (Phi) is 4.31. The number of para-hydroxylation sites is 1. The molecule has 0 saturated heterocycles. The van der Waals surface area contributed by atoms with Crippen LogP contribution in [0.3, 0.4) is 0 Å². The van der Waals surface area contributed by atoms with Crippen molar-refractivity contribution in [2.75, 3.05) is 18.5 Å². The second-order valence-electron chi connectivity index (χ2n) is 4.91. The molecule has 0 amide bonds. The largest absolute Gasteiger partial charge is 0.396 e. The normalized spacial score (nSPS) is 22.4. The molecule has 19 heavy (non-hydrogen) atoms. The number of hydrogen-bond acceptors (Lipinski definition) is 4. The van der Waals surface area contributed by atoms with Crippen LogP contribution in [0.2, 0.25) is 0 Å². The lowest BCUT2D eigenvalue weighted by Gasteiger charge is -2.18. The quantitative estimate of drug-likeness (QED) is 0.635. The van der Waals surface area contributed by atoms with E-state index in [1.807, 2.05) is 0 Å². The molecule has 2 rings (SSSR count). The van der Waals surface area contributed by atoms with Crippen LogP contribution in [0.5, 0.6) is 0 Å². The molecule has 1 aliphatic rings. The molecule has 5 nitrogen and oxygen atoms in total. The van der Waals surface area contributed by atoms with Crippen molar-refractivity contribution in [1.82, 2.24) is 0 Å². The number of rotatable bonds is 5. The molecule has 104 valence electrons. The van der Waals surface area contributed by atoms with Crippen molar-refractivity contribution in [3.8, 4) is 0 Å². The number of anilines is 1. The van der Waals surface area contributed by atoms with Gasteiger partial charge in [0, 0.05) is 13.2 Å². The maximum Gasteiger partial charge on any atom is 0.327 e. The molecule has 2 unspecified atom stereocenters. The van der Waals surface area contributed by atoms with Gasteiger partial charge in [-0.15, -0.1) is 0 Å². The fourth-order valence-electron chi connectivity index (χ4n) is 2.71. The maximum absolute atomic E-state index is 13.4. The molecule has 0 bridgehead atoms. The highest BCUT2D eigenvalue weighted by Gasteiger charge is 2.27. The Balaban J connectivity index is 2.07. The Morgan fingerprint density at radius 1 is 1.42 bits per heavy atom. The summed E-state index contributed by atoms with van der Waals surface area (Å²) in [4.78, 5) is 10.1. The highest BCUT2D eigenvalue weighted by atomic mass is 19.1. The zero-order chi connectivity index (χ0) is 13.8. The van der Waals surface area contributed by atoms with Crippen molar-refractivity contribution in [1.29, 1.82) is 0 Å². The van der Waals surface area contributed by atoms with E-state index in [4.69, 9.17) is 0 Å². The van der Waals surface area contributed by atoms with Crippen LogP contribution in [0.4, 0.5) is 15.8 Å². The number of nitrogens with one attached hydrogen (secondary N) is 1. The molecule has 1 fully saturated rings. The zero-order valence-corrected chi connectivity index (χ0v) is 10.5. The first-order valence-corrected chi connectivity index (χ1v) is 6.41. The van der Waals surface area contributed by atoms with Crippen LogP contribution >= 0.6 is 0 Å². The molecule has 2 N–H and O–H groups in total. The maximum atomic E-state index is 13.4. The molecule has 0 radical (unpaired) electrons. The second kappa shape index (κ2) is 5.97. The Hall–Kier alpha value is -1.69. The van der Waals surface area contributed by atoms with Crippen LogP contribution in [0, 0.1) is 27.8 Å². The first kappa shape index (κ1) is 13.7. The van der Waals surface area contributed by atoms with Crippen molar-refractivity contribution >= 4 is 11.4 Å². The van der Waals surface area contributed by atoms with Crippen LogP contribution in [-0.4, -0.2) is 23.2 Å². The molecule has 2 atom stereocenters. The van der Waals surface area contributed by atoms with Crippen molar-refractivity contribution in [3.05, 3.63) is 34.1 Å². The number of halogens is 1. The number of hydrogen-bond donors (Lipinski definition) is 2. The molecule has 0 heterocycles.